The van der Waals surface area contributed by atoms with Crippen LogP contribution in [0.2, 0.25) is 0 Å². The third-order valence-corrected chi connectivity index (χ3v) is 4.60. The first kappa shape index (κ1) is 19.3. The minimum absolute atomic E-state index is 0.145. The number of carbonyl (C=O) groups excluding carboxylic acids is 1. The van der Waals surface area contributed by atoms with Crippen LogP contribution < -0.4 is 10.1 Å². The number of nitrogens with one attached hydrogen (secondary N) is 1. The zero-order valence-corrected chi connectivity index (χ0v) is 17.0. The van der Waals surface area contributed by atoms with Crippen molar-refractivity contribution in [3.8, 4) is 17.4 Å². The molecule has 7 nitrogen and oxygen atoms in total. The summed E-state index contributed by atoms with van der Waals surface area (Å²) >= 11 is 0. The molecule has 0 aliphatic rings. The van der Waals surface area contributed by atoms with Crippen molar-refractivity contribution in [3.63, 3.8) is 0 Å². The highest BCUT2D eigenvalue weighted by Crippen LogP contribution is 2.24. The van der Waals surface area contributed by atoms with E-state index in [0.717, 1.165) is 11.4 Å². The number of imidazole rings is 1. The average Bonchev–Trinajstić information content (AvgIpc) is 3.15. The molecule has 0 saturated carbocycles. The van der Waals surface area contributed by atoms with Gasteiger partial charge in [0.15, 0.2) is 0 Å². The average molecular weight is 399 g/mol. The molecule has 0 aliphatic carbocycles. The lowest BCUT2D eigenvalue weighted by atomic mass is 10.1. The maximum absolute atomic E-state index is 12.5. The maximum Gasteiger partial charge on any atom is 0.255 e. The molecule has 0 atom stereocenters. The van der Waals surface area contributed by atoms with Crippen LogP contribution in [0.25, 0.3) is 5.82 Å². The van der Waals surface area contributed by atoms with Gasteiger partial charge in [0.1, 0.15) is 23.2 Å². The van der Waals surface area contributed by atoms with Crippen LogP contribution in [0.1, 0.15) is 27.6 Å². The molecule has 0 unspecified atom stereocenters. The van der Waals surface area contributed by atoms with Crippen molar-refractivity contribution in [3.05, 3.63) is 89.8 Å². The van der Waals surface area contributed by atoms with Gasteiger partial charge < -0.3 is 10.1 Å². The van der Waals surface area contributed by atoms with E-state index >= 15 is 0 Å². The van der Waals surface area contributed by atoms with Crippen molar-refractivity contribution < 1.29 is 9.53 Å². The van der Waals surface area contributed by atoms with E-state index in [4.69, 9.17) is 4.74 Å². The third kappa shape index (κ3) is 4.20. The molecule has 4 aromatic rings. The quantitative estimate of drug-likeness (QED) is 0.529. The second-order valence-electron chi connectivity index (χ2n) is 6.85. The zero-order valence-electron chi connectivity index (χ0n) is 17.0. The standard InChI is InChI=1S/C23H21N5O2/c1-15-6-4-5-7-20(15)23(29)27-18-8-10-19(11-9-18)30-22-14-21(25-16(2)26-22)28-13-12-24-17(28)3/h4-14H,1-3H3,(H,27,29). The van der Waals surface area contributed by atoms with Gasteiger partial charge in [-0.05, 0) is 56.7 Å². The lowest BCUT2D eigenvalue weighted by molar-refractivity contribution is 0.102. The molecule has 0 bridgehead atoms. The Labute approximate surface area is 174 Å². The Morgan fingerprint density at radius 3 is 2.47 bits per heavy atom. The van der Waals surface area contributed by atoms with Crippen LogP contribution in [-0.2, 0) is 0 Å². The van der Waals surface area contributed by atoms with E-state index in [1.165, 1.54) is 0 Å². The summed E-state index contributed by atoms with van der Waals surface area (Å²) in [7, 11) is 0. The Morgan fingerprint density at radius 1 is 1.00 bits per heavy atom. The highest BCUT2D eigenvalue weighted by molar-refractivity contribution is 6.05. The molecule has 2 aromatic carbocycles. The normalized spacial score (nSPS) is 10.6. The predicted molar refractivity (Wildman–Crippen MR) is 114 cm³/mol. The highest BCUT2D eigenvalue weighted by Gasteiger charge is 2.10. The number of benzene rings is 2. The van der Waals surface area contributed by atoms with Crippen molar-refractivity contribution >= 4 is 11.6 Å². The van der Waals surface area contributed by atoms with Gasteiger partial charge in [0.05, 0.1) is 0 Å². The van der Waals surface area contributed by atoms with E-state index in [2.05, 4.69) is 20.3 Å². The van der Waals surface area contributed by atoms with E-state index in [1.54, 1.807) is 42.6 Å². The van der Waals surface area contributed by atoms with Crippen molar-refractivity contribution in [1.82, 2.24) is 19.5 Å². The highest BCUT2D eigenvalue weighted by atomic mass is 16.5. The molecule has 0 saturated heterocycles. The summed E-state index contributed by atoms with van der Waals surface area (Å²) in [6, 6.07) is 16.4. The number of ether oxygens (including phenoxy) is 1. The van der Waals surface area contributed by atoms with Gasteiger partial charge >= 0.3 is 0 Å². The van der Waals surface area contributed by atoms with Gasteiger partial charge in [0.2, 0.25) is 5.88 Å². The largest absolute Gasteiger partial charge is 0.439 e. The molecule has 1 N–H and O–H groups in total. The number of aryl methyl sites for hydroxylation is 3. The van der Waals surface area contributed by atoms with Crippen molar-refractivity contribution in [2.24, 2.45) is 0 Å². The molecular formula is C23H21N5O2. The van der Waals surface area contributed by atoms with E-state index in [1.807, 2.05) is 49.7 Å². The van der Waals surface area contributed by atoms with E-state index in [-0.39, 0.29) is 5.91 Å². The number of rotatable bonds is 5. The Hall–Kier alpha value is -4.00. The molecule has 30 heavy (non-hydrogen) atoms. The molecule has 4 rings (SSSR count). The summed E-state index contributed by atoms with van der Waals surface area (Å²) in [6.45, 7) is 5.63. The Balaban J connectivity index is 1.49. The lowest BCUT2D eigenvalue weighted by Crippen LogP contribution is -2.13. The van der Waals surface area contributed by atoms with Gasteiger partial charge in [-0.2, -0.15) is 4.98 Å². The van der Waals surface area contributed by atoms with Gasteiger partial charge in [-0.1, -0.05) is 18.2 Å². The summed E-state index contributed by atoms with van der Waals surface area (Å²) in [5.74, 6) is 3.01. The van der Waals surface area contributed by atoms with Gasteiger partial charge in [-0.3, -0.25) is 9.36 Å². The van der Waals surface area contributed by atoms with Crippen LogP contribution in [0, 0.1) is 20.8 Å². The molecular weight excluding hydrogens is 378 g/mol. The van der Waals surface area contributed by atoms with Gasteiger partial charge in [-0.25, -0.2) is 9.97 Å². The molecule has 7 heteroatoms. The Morgan fingerprint density at radius 2 is 1.77 bits per heavy atom. The van der Waals surface area contributed by atoms with E-state index in [0.29, 0.717) is 34.5 Å². The summed E-state index contributed by atoms with van der Waals surface area (Å²) in [6.07, 6.45) is 3.56. The molecule has 2 aromatic heterocycles. The Bertz CT molecular complexity index is 1200. The van der Waals surface area contributed by atoms with Crippen LogP contribution in [0.3, 0.4) is 0 Å². The van der Waals surface area contributed by atoms with Gasteiger partial charge in [0.25, 0.3) is 5.91 Å². The topological polar surface area (TPSA) is 81.9 Å². The first-order chi connectivity index (χ1) is 14.5. The number of hydrogen-bond acceptors (Lipinski definition) is 5. The fourth-order valence-corrected chi connectivity index (χ4v) is 3.07. The first-order valence-electron chi connectivity index (χ1n) is 9.50. The molecule has 0 spiro atoms. The first-order valence-corrected chi connectivity index (χ1v) is 9.50. The molecule has 0 aliphatic heterocycles. The minimum Gasteiger partial charge on any atom is -0.439 e. The monoisotopic (exact) mass is 399 g/mol. The van der Waals surface area contributed by atoms with Crippen molar-refractivity contribution in [1.29, 1.82) is 0 Å². The summed E-state index contributed by atoms with van der Waals surface area (Å²) in [5.41, 5.74) is 2.26. The van der Waals surface area contributed by atoms with Crippen LogP contribution in [0.5, 0.6) is 11.6 Å². The second-order valence-corrected chi connectivity index (χ2v) is 6.85. The predicted octanol–water partition coefficient (Wildman–Crippen LogP) is 4.63. The molecule has 1 amide bonds. The van der Waals surface area contributed by atoms with E-state index < -0.39 is 0 Å². The maximum atomic E-state index is 12.5. The van der Waals surface area contributed by atoms with E-state index in [9.17, 15) is 4.79 Å². The number of carbonyl (C=O) groups is 1. The fourth-order valence-electron chi connectivity index (χ4n) is 3.07. The lowest BCUT2D eigenvalue weighted by Gasteiger charge is -2.10. The number of aromatic nitrogens is 4. The molecule has 2 heterocycles. The summed E-state index contributed by atoms with van der Waals surface area (Å²) < 4.78 is 7.77. The summed E-state index contributed by atoms with van der Waals surface area (Å²) in [4.78, 5) is 25.5. The van der Waals surface area contributed by atoms with Crippen LogP contribution in [-0.4, -0.2) is 25.4 Å². The zero-order chi connectivity index (χ0) is 21.1. The number of amides is 1. The van der Waals surface area contributed by atoms with Crippen LogP contribution in [0.4, 0.5) is 5.69 Å². The van der Waals surface area contributed by atoms with Gasteiger partial charge in [-0.15, -0.1) is 0 Å². The SMILES string of the molecule is Cc1nc(Oc2ccc(NC(=O)c3ccccc3C)cc2)cc(-n2ccnc2C)n1. The molecule has 0 radical (unpaired) electrons. The van der Waals surface area contributed by atoms with Crippen LogP contribution in [0.15, 0.2) is 67.0 Å². The minimum atomic E-state index is -0.145. The molecule has 0 fully saturated rings. The van der Waals surface area contributed by atoms with Crippen molar-refractivity contribution in [2.45, 2.75) is 20.8 Å². The molecule has 150 valence electrons. The smallest absolute Gasteiger partial charge is 0.255 e. The fraction of sp³-hybridized carbons (Fsp3) is 0.130. The van der Waals surface area contributed by atoms with Gasteiger partial charge in [0, 0.05) is 29.7 Å². The third-order valence-electron chi connectivity index (χ3n) is 4.60. The number of nitrogens with zero attached hydrogens (tertiary/aromatic N) is 4. The Kier molecular flexibility index (Phi) is 5.26. The van der Waals surface area contributed by atoms with Crippen molar-refractivity contribution in [2.75, 3.05) is 5.32 Å². The second kappa shape index (κ2) is 8.16. The number of anilines is 1. The van der Waals surface area contributed by atoms with Crippen LogP contribution >= 0.6 is 0 Å². The number of hydrogen-bond donors (Lipinski definition) is 1. The summed E-state index contributed by atoms with van der Waals surface area (Å²) in [5, 5.41) is 2.90.